The van der Waals surface area contributed by atoms with Gasteiger partial charge in [0.05, 0.1) is 5.56 Å². The third-order valence-electron chi connectivity index (χ3n) is 12.6. The zero-order valence-corrected chi connectivity index (χ0v) is 33.8. The molecule has 2 aliphatic heterocycles. The van der Waals surface area contributed by atoms with Crippen LogP contribution in [0.2, 0.25) is 0 Å². The van der Waals surface area contributed by atoms with Crippen LogP contribution in [0.25, 0.3) is 5.82 Å². The fraction of sp³-hybridized carbons (Fsp3) is 0.791. The van der Waals surface area contributed by atoms with Crippen LogP contribution in [0.3, 0.4) is 0 Å². The van der Waals surface area contributed by atoms with Gasteiger partial charge in [0.25, 0.3) is 5.91 Å². The van der Waals surface area contributed by atoms with Gasteiger partial charge >= 0.3 is 0 Å². The van der Waals surface area contributed by atoms with Crippen LogP contribution in [0.5, 0.6) is 0 Å². The minimum atomic E-state index is 0. The number of nitrogens with two attached hydrogens (primary N) is 1. The number of carbonyl (C=O) groups is 1. The van der Waals surface area contributed by atoms with E-state index in [1.54, 1.807) is 18.7 Å². The summed E-state index contributed by atoms with van der Waals surface area (Å²) in [5.74, 6) is 3.95. The predicted molar refractivity (Wildman–Crippen MR) is 218 cm³/mol. The van der Waals surface area contributed by atoms with Gasteiger partial charge in [-0.15, -0.1) is 12.4 Å². The number of aromatic nitrogens is 3. The summed E-state index contributed by atoms with van der Waals surface area (Å²) in [6, 6.07) is 4.49. The van der Waals surface area contributed by atoms with Gasteiger partial charge in [0, 0.05) is 56.9 Å². The SMILES string of the molecule is CCCCC[C@@H]1CCCN(CC2CCCCC2N)C1.CCCCC[C@@H]1CCCN(CC2CCCCC2NC(=O)c2ccc(-n3ccnc3)nc2)C1.Cl. The van der Waals surface area contributed by atoms with E-state index in [9.17, 15) is 4.79 Å². The van der Waals surface area contributed by atoms with E-state index in [0.717, 1.165) is 36.5 Å². The van der Waals surface area contributed by atoms with Gasteiger partial charge in [0.1, 0.15) is 12.1 Å². The van der Waals surface area contributed by atoms with Crippen molar-refractivity contribution >= 4 is 18.3 Å². The van der Waals surface area contributed by atoms with Crippen molar-refractivity contribution in [3.05, 3.63) is 42.6 Å². The topological polar surface area (TPSA) is 92.3 Å². The number of nitrogens with zero attached hydrogens (tertiary/aromatic N) is 5. The Bertz CT molecular complexity index is 1230. The number of pyridine rings is 1. The Hall–Kier alpha value is -2.00. The van der Waals surface area contributed by atoms with Crippen LogP contribution < -0.4 is 11.1 Å². The van der Waals surface area contributed by atoms with Crippen LogP contribution in [-0.2, 0) is 0 Å². The fourth-order valence-corrected chi connectivity index (χ4v) is 9.53. The molecule has 2 aromatic heterocycles. The molecule has 4 heterocycles. The van der Waals surface area contributed by atoms with Crippen molar-refractivity contribution in [2.75, 3.05) is 39.3 Å². The Morgan fingerprint density at radius 3 is 1.98 bits per heavy atom. The van der Waals surface area contributed by atoms with E-state index >= 15 is 0 Å². The van der Waals surface area contributed by atoms with Gasteiger partial charge < -0.3 is 20.9 Å². The number of hydrogen-bond donors (Lipinski definition) is 2. The maximum absolute atomic E-state index is 13.0. The first-order valence-corrected chi connectivity index (χ1v) is 21.5. The van der Waals surface area contributed by atoms with E-state index in [1.807, 2.05) is 22.9 Å². The van der Waals surface area contributed by atoms with E-state index in [2.05, 4.69) is 38.9 Å². The molecule has 8 nitrogen and oxygen atoms in total. The molecule has 0 radical (unpaired) electrons. The number of piperidine rings is 2. The summed E-state index contributed by atoms with van der Waals surface area (Å²) < 4.78 is 1.84. The molecule has 2 aliphatic carbocycles. The van der Waals surface area contributed by atoms with E-state index in [-0.39, 0.29) is 24.4 Å². The van der Waals surface area contributed by atoms with E-state index in [1.165, 1.54) is 155 Å². The van der Waals surface area contributed by atoms with Gasteiger partial charge in [-0.25, -0.2) is 9.97 Å². The third-order valence-corrected chi connectivity index (χ3v) is 12.6. The normalized spacial score (nSPS) is 27.2. The quantitative estimate of drug-likeness (QED) is 0.177. The van der Waals surface area contributed by atoms with Crippen molar-refractivity contribution in [1.82, 2.24) is 29.7 Å². The van der Waals surface area contributed by atoms with Gasteiger partial charge in [0.15, 0.2) is 0 Å². The van der Waals surface area contributed by atoms with Gasteiger partial charge in [-0.1, -0.05) is 78.1 Å². The molecule has 0 spiro atoms. The highest BCUT2D eigenvalue weighted by atomic mass is 35.5. The lowest BCUT2D eigenvalue weighted by Crippen LogP contribution is -2.48. The van der Waals surface area contributed by atoms with E-state index in [4.69, 9.17) is 5.73 Å². The second-order valence-electron chi connectivity index (χ2n) is 16.7. The second-order valence-corrected chi connectivity index (χ2v) is 16.7. The smallest absolute Gasteiger partial charge is 0.253 e. The van der Waals surface area contributed by atoms with Crippen molar-refractivity contribution in [3.8, 4) is 5.82 Å². The number of rotatable bonds is 15. The molecule has 0 bridgehead atoms. The first kappa shape index (κ1) is 42.7. The molecule has 2 saturated heterocycles. The molecule has 6 atom stereocenters. The summed E-state index contributed by atoms with van der Waals surface area (Å²) in [4.78, 5) is 26.9. The molecule has 6 rings (SSSR count). The summed E-state index contributed by atoms with van der Waals surface area (Å²) in [6.07, 6.45) is 33.9. The largest absolute Gasteiger partial charge is 0.349 e. The average molecular weight is 741 g/mol. The van der Waals surface area contributed by atoms with Crippen molar-refractivity contribution in [3.63, 3.8) is 0 Å². The van der Waals surface area contributed by atoms with Crippen LogP contribution in [-0.4, -0.2) is 81.6 Å². The number of unbranched alkanes of at least 4 members (excludes halogenated alkanes) is 4. The molecule has 4 aliphatic rings. The number of hydrogen-bond acceptors (Lipinski definition) is 6. The zero-order chi connectivity index (χ0) is 35.7. The van der Waals surface area contributed by atoms with Crippen molar-refractivity contribution in [1.29, 1.82) is 0 Å². The molecular weight excluding hydrogens is 666 g/mol. The van der Waals surface area contributed by atoms with Gasteiger partial charge in [0.2, 0.25) is 0 Å². The van der Waals surface area contributed by atoms with Gasteiger partial charge in [-0.05, 0) is 113 Å². The molecule has 2 aromatic rings. The summed E-state index contributed by atoms with van der Waals surface area (Å²) in [5.41, 5.74) is 6.93. The Balaban J connectivity index is 0.000000259. The molecule has 4 fully saturated rings. The lowest BCUT2D eigenvalue weighted by molar-refractivity contribution is 0.0852. The summed E-state index contributed by atoms with van der Waals surface area (Å²) >= 11 is 0. The average Bonchev–Trinajstić information content (AvgIpc) is 3.70. The van der Waals surface area contributed by atoms with Crippen molar-refractivity contribution < 1.29 is 4.79 Å². The summed E-state index contributed by atoms with van der Waals surface area (Å²) in [6.45, 7) is 12.2. The number of nitrogens with one attached hydrogen (secondary N) is 1. The van der Waals surface area contributed by atoms with Crippen LogP contribution in [0.15, 0.2) is 37.1 Å². The lowest BCUT2D eigenvalue weighted by Gasteiger charge is -2.39. The van der Waals surface area contributed by atoms with Crippen molar-refractivity contribution in [2.45, 2.75) is 154 Å². The van der Waals surface area contributed by atoms with E-state index < -0.39 is 0 Å². The number of likely N-dealkylation sites (tertiary alicyclic amines) is 2. The first-order valence-electron chi connectivity index (χ1n) is 21.5. The lowest BCUT2D eigenvalue weighted by atomic mass is 9.83. The second kappa shape index (κ2) is 23.7. The molecule has 4 unspecified atom stereocenters. The Kier molecular flexibility index (Phi) is 19.5. The highest BCUT2D eigenvalue weighted by Gasteiger charge is 2.31. The number of imidazole rings is 1. The Morgan fingerprint density at radius 2 is 1.40 bits per heavy atom. The van der Waals surface area contributed by atoms with Gasteiger partial charge in [-0.3, -0.25) is 9.36 Å². The van der Waals surface area contributed by atoms with Crippen LogP contribution in [0.4, 0.5) is 0 Å². The monoisotopic (exact) mass is 740 g/mol. The molecule has 294 valence electrons. The third kappa shape index (κ3) is 14.0. The Labute approximate surface area is 323 Å². The minimum Gasteiger partial charge on any atom is -0.349 e. The molecule has 0 aromatic carbocycles. The van der Waals surface area contributed by atoms with E-state index in [0.29, 0.717) is 17.5 Å². The van der Waals surface area contributed by atoms with Crippen LogP contribution in [0.1, 0.15) is 153 Å². The van der Waals surface area contributed by atoms with Gasteiger partial charge in [-0.2, -0.15) is 0 Å². The fourth-order valence-electron chi connectivity index (χ4n) is 9.53. The zero-order valence-electron chi connectivity index (χ0n) is 32.9. The standard InChI is InChI=1S/C26H39N5O.C17H34N2.ClH/c1-2-3-4-8-21-9-7-15-30(18-21)19-23-10-5-6-11-24(23)29-26(32)22-12-13-25(28-17-22)31-16-14-27-20-31;1-2-3-4-8-15-9-7-12-19(13-15)14-16-10-5-6-11-17(16)18;/h12-14,16-17,20-21,23-24H,2-11,15,18-19H2,1H3,(H,29,32);15-17H,2-14,18H2,1H3;1H/t21-,23?,24?;15-,16?,17?;/m11./s1. The molecular formula is C43H74ClN7O. The molecule has 2 saturated carbocycles. The highest BCUT2D eigenvalue weighted by molar-refractivity contribution is 5.94. The number of amides is 1. The number of halogens is 1. The molecule has 9 heteroatoms. The minimum absolute atomic E-state index is 0. The maximum atomic E-state index is 13.0. The van der Waals surface area contributed by atoms with Crippen LogP contribution in [0, 0.1) is 23.7 Å². The van der Waals surface area contributed by atoms with Crippen LogP contribution >= 0.6 is 12.4 Å². The van der Waals surface area contributed by atoms with Crippen molar-refractivity contribution in [2.24, 2.45) is 29.4 Å². The highest BCUT2D eigenvalue weighted by Crippen LogP contribution is 2.30. The molecule has 52 heavy (non-hydrogen) atoms. The predicted octanol–water partition coefficient (Wildman–Crippen LogP) is 9.07. The molecule has 3 N–H and O–H groups in total. The Morgan fingerprint density at radius 1 is 0.788 bits per heavy atom. The summed E-state index contributed by atoms with van der Waals surface area (Å²) in [7, 11) is 0. The number of carbonyl (C=O) groups excluding carboxylic acids is 1. The maximum Gasteiger partial charge on any atom is 0.253 e. The first-order chi connectivity index (χ1) is 25.0. The summed E-state index contributed by atoms with van der Waals surface area (Å²) in [5, 5.41) is 3.36. The molecule has 1 amide bonds.